The number of rotatable bonds is 6. The van der Waals surface area contributed by atoms with Crippen molar-refractivity contribution in [3.05, 3.63) is 57.0 Å². The van der Waals surface area contributed by atoms with Crippen molar-refractivity contribution >= 4 is 23.2 Å². The number of hydrogen-bond donors (Lipinski definition) is 2. The van der Waals surface area contributed by atoms with Crippen LogP contribution in [0.15, 0.2) is 35.1 Å². The molecule has 5 nitrogen and oxygen atoms in total. The van der Waals surface area contributed by atoms with Crippen molar-refractivity contribution in [2.75, 3.05) is 11.9 Å². The fourth-order valence-corrected chi connectivity index (χ4v) is 2.43. The van der Waals surface area contributed by atoms with E-state index in [-0.39, 0.29) is 11.5 Å². The number of ether oxygens (including phenoxy) is 1. The number of carbonyl (C=O) groups is 1. The highest BCUT2D eigenvalue weighted by Crippen LogP contribution is 2.27. The molecule has 0 aliphatic carbocycles. The van der Waals surface area contributed by atoms with Gasteiger partial charge in [0.05, 0.1) is 11.6 Å². The number of pyridine rings is 1. The van der Waals surface area contributed by atoms with Gasteiger partial charge in [0.1, 0.15) is 5.75 Å². The maximum Gasteiger partial charge on any atom is 0.255 e. The standard InChI is InChI=1S/C17H19ClN2O3/c1-3-5-12-8-11(9-16(21)19-12)17(22)20-13-6-7-15(23-4-2)14(18)10-13/h6-10H,3-5H2,1-2H3,(H,19,21)(H,20,22). The number of H-pyrrole nitrogens is 1. The topological polar surface area (TPSA) is 71.2 Å². The number of amides is 1. The number of aryl methyl sites for hydroxylation is 1. The maximum atomic E-state index is 12.3. The second kappa shape index (κ2) is 7.83. The SMILES string of the molecule is CCCc1cc(C(=O)Nc2ccc(OCC)c(Cl)c2)cc(=O)[nH]1. The third-order valence-electron chi connectivity index (χ3n) is 3.17. The quantitative estimate of drug-likeness (QED) is 0.847. The van der Waals surface area contributed by atoms with Crippen LogP contribution in [-0.4, -0.2) is 17.5 Å². The van der Waals surface area contributed by atoms with Crippen molar-refractivity contribution in [1.82, 2.24) is 4.98 Å². The minimum absolute atomic E-state index is 0.286. The van der Waals surface area contributed by atoms with Crippen LogP contribution in [0.3, 0.4) is 0 Å². The number of aromatic amines is 1. The predicted molar refractivity (Wildman–Crippen MR) is 91.6 cm³/mol. The molecule has 2 rings (SSSR count). The van der Waals surface area contributed by atoms with Crippen LogP contribution in [0.1, 0.15) is 36.3 Å². The molecule has 122 valence electrons. The van der Waals surface area contributed by atoms with E-state index in [0.717, 1.165) is 12.1 Å². The van der Waals surface area contributed by atoms with Gasteiger partial charge in [-0.2, -0.15) is 0 Å². The van der Waals surface area contributed by atoms with E-state index in [1.54, 1.807) is 24.3 Å². The highest BCUT2D eigenvalue weighted by molar-refractivity contribution is 6.32. The normalized spacial score (nSPS) is 10.4. The minimum atomic E-state index is -0.353. The zero-order chi connectivity index (χ0) is 16.8. The minimum Gasteiger partial charge on any atom is -0.492 e. The average molecular weight is 335 g/mol. The highest BCUT2D eigenvalue weighted by Gasteiger charge is 2.10. The molecule has 0 unspecified atom stereocenters. The molecule has 2 N–H and O–H groups in total. The Morgan fingerprint density at radius 1 is 1.26 bits per heavy atom. The van der Waals surface area contributed by atoms with Gasteiger partial charge in [-0.1, -0.05) is 24.9 Å². The summed E-state index contributed by atoms with van der Waals surface area (Å²) in [6, 6.07) is 7.99. The molecule has 0 atom stereocenters. The van der Waals surface area contributed by atoms with Gasteiger partial charge in [0, 0.05) is 23.0 Å². The Labute approximate surface area is 139 Å². The molecule has 0 bridgehead atoms. The molecular weight excluding hydrogens is 316 g/mol. The van der Waals surface area contributed by atoms with Crippen LogP contribution in [0.25, 0.3) is 0 Å². The van der Waals surface area contributed by atoms with Crippen molar-refractivity contribution in [3.63, 3.8) is 0 Å². The van der Waals surface area contributed by atoms with Crippen LogP contribution >= 0.6 is 11.6 Å². The summed E-state index contributed by atoms with van der Waals surface area (Å²) in [6.45, 7) is 4.39. The number of nitrogens with one attached hydrogen (secondary N) is 2. The van der Waals surface area contributed by atoms with E-state index in [1.807, 2.05) is 13.8 Å². The number of anilines is 1. The number of hydrogen-bond acceptors (Lipinski definition) is 3. The van der Waals surface area contributed by atoms with Gasteiger partial charge in [-0.25, -0.2) is 0 Å². The summed E-state index contributed by atoms with van der Waals surface area (Å²) >= 11 is 6.10. The molecule has 0 spiro atoms. The Morgan fingerprint density at radius 3 is 2.70 bits per heavy atom. The smallest absolute Gasteiger partial charge is 0.255 e. The summed E-state index contributed by atoms with van der Waals surface area (Å²) in [5.74, 6) is 0.210. The summed E-state index contributed by atoms with van der Waals surface area (Å²) in [5.41, 5.74) is 1.32. The number of carbonyl (C=O) groups excluding carboxylic acids is 1. The van der Waals surface area contributed by atoms with Crippen LogP contribution in [0.5, 0.6) is 5.75 Å². The second-order valence-corrected chi connectivity index (χ2v) is 5.45. The van der Waals surface area contributed by atoms with Gasteiger partial charge in [0.2, 0.25) is 5.56 Å². The molecule has 0 fully saturated rings. The zero-order valence-electron chi connectivity index (χ0n) is 13.1. The summed E-state index contributed by atoms with van der Waals surface area (Å²) in [7, 11) is 0. The first-order chi connectivity index (χ1) is 11.0. The van der Waals surface area contributed by atoms with Gasteiger partial charge >= 0.3 is 0 Å². The fourth-order valence-electron chi connectivity index (χ4n) is 2.19. The molecule has 1 amide bonds. The summed E-state index contributed by atoms with van der Waals surface area (Å²) in [6.07, 6.45) is 1.60. The maximum absolute atomic E-state index is 12.3. The Hall–Kier alpha value is -2.27. The highest BCUT2D eigenvalue weighted by atomic mass is 35.5. The van der Waals surface area contributed by atoms with E-state index >= 15 is 0 Å². The van der Waals surface area contributed by atoms with E-state index in [9.17, 15) is 9.59 Å². The van der Waals surface area contributed by atoms with Gasteiger partial charge < -0.3 is 15.0 Å². The van der Waals surface area contributed by atoms with Crippen LogP contribution < -0.4 is 15.6 Å². The molecule has 2 aromatic rings. The second-order valence-electron chi connectivity index (χ2n) is 5.04. The van der Waals surface area contributed by atoms with Crippen molar-refractivity contribution in [2.45, 2.75) is 26.7 Å². The number of halogens is 1. The number of benzene rings is 1. The summed E-state index contributed by atoms with van der Waals surface area (Å²) in [5, 5.41) is 3.15. The molecule has 0 saturated carbocycles. The lowest BCUT2D eigenvalue weighted by Crippen LogP contribution is -2.17. The third-order valence-corrected chi connectivity index (χ3v) is 3.47. The molecule has 1 aromatic carbocycles. The molecule has 23 heavy (non-hydrogen) atoms. The van der Waals surface area contributed by atoms with Crippen molar-refractivity contribution < 1.29 is 9.53 Å². The lowest BCUT2D eigenvalue weighted by Gasteiger charge is -2.09. The lowest BCUT2D eigenvalue weighted by molar-refractivity contribution is 0.102. The van der Waals surface area contributed by atoms with Crippen LogP contribution in [0.2, 0.25) is 5.02 Å². The summed E-state index contributed by atoms with van der Waals surface area (Å²) in [4.78, 5) is 26.7. The van der Waals surface area contributed by atoms with Gasteiger partial charge in [-0.05, 0) is 37.6 Å². The lowest BCUT2D eigenvalue weighted by atomic mass is 10.1. The molecule has 1 heterocycles. The molecule has 1 aromatic heterocycles. The molecule has 0 aliphatic heterocycles. The van der Waals surface area contributed by atoms with Gasteiger partial charge in [-0.15, -0.1) is 0 Å². The van der Waals surface area contributed by atoms with E-state index in [0.29, 0.717) is 35.1 Å². The van der Waals surface area contributed by atoms with E-state index in [2.05, 4.69) is 10.3 Å². The first-order valence-electron chi connectivity index (χ1n) is 7.50. The first kappa shape index (κ1) is 17.1. The van der Waals surface area contributed by atoms with E-state index in [1.165, 1.54) is 6.07 Å². The Balaban J connectivity index is 2.19. The van der Waals surface area contributed by atoms with E-state index in [4.69, 9.17) is 16.3 Å². The van der Waals surface area contributed by atoms with Crippen LogP contribution in [-0.2, 0) is 6.42 Å². The molecule has 0 radical (unpaired) electrons. The Kier molecular flexibility index (Phi) is 5.82. The molecule has 0 saturated heterocycles. The largest absolute Gasteiger partial charge is 0.492 e. The monoisotopic (exact) mass is 334 g/mol. The van der Waals surface area contributed by atoms with Crippen molar-refractivity contribution in [1.29, 1.82) is 0 Å². The predicted octanol–water partition coefficient (Wildman–Crippen LogP) is 3.63. The third kappa shape index (κ3) is 4.60. The van der Waals surface area contributed by atoms with E-state index < -0.39 is 0 Å². The van der Waals surface area contributed by atoms with Gasteiger partial charge in [-0.3, -0.25) is 9.59 Å². The van der Waals surface area contributed by atoms with Gasteiger partial charge in [0.25, 0.3) is 5.91 Å². The van der Waals surface area contributed by atoms with Crippen LogP contribution in [0.4, 0.5) is 5.69 Å². The summed E-state index contributed by atoms with van der Waals surface area (Å²) < 4.78 is 5.35. The Morgan fingerprint density at radius 2 is 2.04 bits per heavy atom. The van der Waals surface area contributed by atoms with Crippen LogP contribution in [0, 0.1) is 0 Å². The zero-order valence-corrected chi connectivity index (χ0v) is 13.9. The molecule has 6 heteroatoms. The van der Waals surface area contributed by atoms with Gasteiger partial charge in [0.15, 0.2) is 0 Å². The molecule has 0 aliphatic rings. The first-order valence-corrected chi connectivity index (χ1v) is 7.88. The fraction of sp³-hybridized carbons (Fsp3) is 0.294. The number of aromatic nitrogens is 1. The van der Waals surface area contributed by atoms with Crippen molar-refractivity contribution in [3.8, 4) is 5.75 Å². The molecular formula is C17H19ClN2O3. The van der Waals surface area contributed by atoms with Crippen molar-refractivity contribution in [2.24, 2.45) is 0 Å². The average Bonchev–Trinajstić information content (AvgIpc) is 2.50. The Bertz CT molecular complexity index is 756.